The topological polar surface area (TPSA) is 93.9 Å². The summed E-state index contributed by atoms with van der Waals surface area (Å²) in [5.41, 5.74) is 1.04. The van der Waals surface area contributed by atoms with Gasteiger partial charge in [-0.05, 0) is 11.6 Å². The second-order valence-corrected chi connectivity index (χ2v) is 5.30. The smallest absolute Gasteiger partial charge is 0.239 e. The number of carbonyl (C=O) groups is 2. The Bertz CT molecular complexity index is 611. The maximum Gasteiger partial charge on any atom is 0.239 e. The van der Waals surface area contributed by atoms with Gasteiger partial charge in [0.05, 0.1) is 5.25 Å². The molecule has 0 bridgehead atoms. The number of thioether (sulfide) groups is 1. The number of benzene rings is 1. The number of aliphatic carboxylic acids is 1. The maximum absolute atomic E-state index is 11.4. The van der Waals surface area contributed by atoms with Crippen LogP contribution in [0.4, 0.5) is 0 Å². The summed E-state index contributed by atoms with van der Waals surface area (Å²) in [4.78, 5) is 21.9. The van der Waals surface area contributed by atoms with Gasteiger partial charge in [-0.15, -0.1) is 5.10 Å². The molecule has 6 nitrogen and oxygen atoms in total. The van der Waals surface area contributed by atoms with Crippen LogP contribution in [0.1, 0.15) is 12.0 Å². The molecule has 2 rings (SSSR count). The summed E-state index contributed by atoms with van der Waals surface area (Å²) < 4.78 is 0. The summed E-state index contributed by atoms with van der Waals surface area (Å²) in [6.45, 7) is 0. The van der Waals surface area contributed by atoms with Crippen molar-refractivity contribution in [2.75, 3.05) is 0 Å². The van der Waals surface area contributed by atoms with Crippen LogP contribution in [0.3, 0.4) is 0 Å². The molecule has 1 aromatic rings. The average Bonchev–Trinajstić information content (AvgIpc) is 2.79. The van der Waals surface area contributed by atoms with Crippen molar-refractivity contribution in [3.05, 3.63) is 42.0 Å². The van der Waals surface area contributed by atoms with Gasteiger partial charge in [0, 0.05) is 18.6 Å². The highest BCUT2D eigenvalue weighted by Gasteiger charge is 2.30. The van der Waals surface area contributed by atoms with E-state index in [0.29, 0.717) is 0 Å². The molecule has 1 N–H and O–H groups in total. The van der Waals surface area contributed by atoms with Gasteiger partial charge in [0.2, 0.25) is 5.91 Å². The molecule has 1 aliphatic rings. The van der Waals surface area contributed by atoms with E-state index in [1.807, 2.05) is 36.4 Å². The van der Waals surface area contributed by atoms with Crippen molar-refractivity contribution in [1.29, 1.82) is 0 Å². The number of amidine groups is 1. The van der Waals surface area contributed by atoms with E-state index < -0.39 is 17.1 Å². The number of rotatable bonds is 5. The number of hydrogen-bond donors (Lipinski definition) is 1. The average molecular weight is 302 g/mol. The number of amides is 1. The van der Waals surface area contributed by atoms with Gasteiger partial charge in [-0.25, -0.2) is 0 Å². The molecular weight excluding hydrogens is 290 g/mol. The first-order valence-electron chi connectivity index (χ1n) is 6.15. The third kappa shape index (κ3) is 4.88. The Morgan fingerprint density at radius 3 is 2.86 bits per heavy atom. The number of nitrogens with zero attached hydrogens (tertiary/aromatic N) is 2. The molecule has 1 heterocycles. The second-order valence-electron chi connectivity index (χ2n) is 4.11. The molecule has 1 amide bonds. The number of hydrogen-bond acceptors (Lipinski definition) is 6. The number of allylic oxidation sites excluding steroid dienone is 1. The van der Waals surface area contributed by atoms with Gasteiger partial charge in [-0.2, -0.15) is 5.10 Å². The highest BCUT2D eigenvalue weighted by Crippen LogP contribution is 2.21. The molecule has 1 saturated heterocycles. The minimum atomic E-state index is -1.27. The van der Waals surface area contributed by atoms with Crippen molar-refractivity contribution >= 4 is 41.1 Å². The minimum Gasteiger partial charge on any atom is -0.550 e. The van der Waals surface area contributed by atoms with Crippen molar-refractivity contribution in [3.63, 3.8) is 0 Å². The lowest BCUT2D eigenvalue weighted by Crippen LogP contribution is -2.31. The van der Waals surface area contributed by atoms with Gasteiger partial charge in [-0.1, -0.05) is 48.2 Å². The van der Waals surface area contributed by atoms with Crippen LogP contribution in [-0.2, 0) is 9.59 Å². The summed E-state index contributed by atoms with van der Waals surface area (Å²) in [7, 11) is 0. The molecule has 7 heteroatoms. The van der Waals surface area contributed by atoms with E-state index in [1.54, 1.807) is 6.08 Å². The molecule has 0 spiro atoms. The van der Waals surface area contributed by atoms with Gasteiger partial charge in [-0.3, -0.25) is 4.79 Å². The Kier molecular flexibility index (Phi) is 5.28. The Morgan fingerprint density at radius 1 is 1.38 bits per heavy atom. The zero-order chi connectivity index (χ0) is 15.1. The van der Waals surface area contributed by atoms with E-state index in [0.717, 1.165) is 17.3 Å². The highest BCUT2D eigenvalue weighted by molar-refractivity contribution is 8.15. The molecule has 0 radical (unpaired) electrons. The summed E-state index contributed by atoms with van der Waals surface area (Å²) in [5, 5.41) is 20.1. The van der Waals surface area contributed by atoms with Crippen molar-refractivity contribution in [3.8, 4) is 0 Å². The SMILES string of the molecule is O=C([O-])CC1S/C(=N/N=C/C=C/c2ccccc2)NC1=O. The molecule has 0 aromatic heterocycles. The Labute approximate surface area is 125 Å². The van der Waals surface area contributed by atoms with E-state index >= 15 is 0 Å². The first kappa shape index (κ1) is 15.0. The minimum absolute atomic E-state index is 0.288. The predicted molar refractivity (Wildman–Crippen MR) is 80.5 cm³/mol. The lowest BCUT2D eigenvalue weighted by molar-refractivity contribution is -0.305. The molecule has 1 aliphatic heterocycles. The molecule has 108 valence electrons. The first-order chi connectivity index (χ1) is 10.1. The predicted octanol–water partition coefficient (Wildman–Crippen LogP) is 0.413. The van der Waals surface area contributed by atoms with Crippen LogP contribution in [-0.4, -0.2) is 28.5 Å². The second kappa shape index (κ2) is 7.39. The van der Waals surface area contributed by atoms with Crippen molar-refractivity contribution in [2.45, 2.75) is 11.7 Å². The molecule has 21 heavy (non-hydrogen) atoms. The van der Waals surface area contributed by atoms with Crippen LogP contribution in [0.2, 0.25) is 0 Å². The fourth-order valence-electron chi connectivity index (χ4n) is 1.58. The molecule has 1 aromatic carbocycles. The van der Waals surface area contributed by atoms with E-state index in [9.17, 15) is 14.7 Å². The normalized spacial score (nSPS) is 20.5. The zero-order valence-electron chi connectivity index (χ0n) is 10.9. The number of nitrogens with one attached hydrogen (secondary N) is 1. The van der Waals surface area contributed by atoms with Crippen LogP contribution in [0.15, 0.2) is 46.6 Å². The van der Waals surface area contributed by atoms with Crippen molar-refractivity contribution in [2.24, 2.45) is 10.2 Å². The number of carbonyl (C=O) groups excluding carboxylic acids is 2. The Balaban J connectivity index is 1.87. The standard InChI is InChI=1S/C14H13N3O3S/c18-12(19)9-11-13(20)16-14(21-11)17-15-8-4-7-10-5-2-1-3-6-10/h1-8,11H,9H2,(H,18,19)(H,16,17,20)/p-1/b7-4+,15-8+. The molecular formula is C14H12N3O3S-. The largest absolute Gasteiger partial charge is 0.550 e. The lowest BCUT2D eigenvalue weighted by atomic mass is 10.2. The van der Waals surface area contributed by atoms with E-state index in [1.165, 1.54) is 6.21 Å². The molecule has 0 saturated carbocycles. The van der Waals surface area contributed by atoms with Crippen LogP contribution in [0.25, 0.3) is 6.08 Å². The van der Waals surface area contributed by atoms with E-state index in [-0.39, 0.29) is 11.6 Å². The Morgan fingerprint density at radius 2 is 2.14 bits per heavy atom. The van der Waals surface area contributed by atoms with Crippen molar-refractivity contribution in [1.82, 2.24) is 5.32 Å². The van der Waals surface area contributed by atoms with Gasteiger partial charge in [0.15, 0.2) is 5.17 Å². The molecule has 1 unspecified atom stereocenters. The number of carboxylic acid groups (broad SMARTS) is 1. The van der Waals surface area contributed by atoms with Gasteiger partial charge in [0.25, 0.3) is 0 Å². The van der Waals surface area contributed by atoms with Crippen LogP contribution < -0.4 is 10.4 Å². The molecule has 1 fully saturated rings. The molecule has 1 atom stereocenters. The fraction of sp³-hybridized carbons (Fsp3) is 0.143. The first-order valence-corrected chi connectivity index (χ1v) is 7.03. The van der Waals surface area contributed by atoms with Gasteiger partial charge < -0.3 is 15.2 Å². The van der Waals surface area contributed by atoms with E-state index in [4.69, 9.17) is 0 Å². The highest BCUT2D eigenvalue weighted by atomic mass is 32.2. The van der Waals surface area contributed by atoms with Crippen LogP contribution in [0.5, 0.6) is 0 Å². The lowest BCUT2D eigenvalue weighted by Gasteiger charge is -2.04. The molecule has 0 aliphatic carbocycles. The summed E-state index contributed by atoms with van der Waals surface area (Å²) in [6, 6.07) is 9.69. The van der Waals surface area contributed by atoms with Crippen molar-refractivity contribution < 1.29 is 14.7 Å². The third-order valence-electron chi connectivity index (χ3n) is 2.52. The summed E-state index contributed by atoms with van der Waals surface area (Å²) >= 11 is 1.03. The fourth-order valence-corrected chi connectivity index (χ4v) is 2.49. The Hall–Kier alpha value is -2.41. The zero-order valence-corrected chi connectivity index (χ0v) is 11.7. The number of carboxylic acids is 1. The van der Waals surface area contributed by atoms with Crippen LogP contribution >= 0.6 is 11.8 Å². The van der Waals surface area contributed by atoms with Crippen LogP contribution in [0, 0.1) is 0 Å². The quantitative estimate of drug-likeness (QED) is 0.630. The monoisotopic (exact) mass is 302 g/mol. The third-order valence-corrected chi connectivity index (χ3v) is 3.59. The summed E-state index contributed by atoms with van der Waals surface area (Å²) in [5.74, 6) is -1.66. The van der Waals surface area contributed by atoms with E-state index in [2.05, 4.69) is 15.5 Å². The summed E-state index contributed by atoms with van der Waals surface area (Å²) in [6.07, 6.45) is 4.73. The maximum atomic E-state index is 11.4. The van der Waals surface area contributed by atoms with Gasteiger partial charge in [0.1, 0.15) is 0 Å². The van der Waals surface area contributed by atoms with Gasteiger partial charge >= 0.3 is 0 Å².